The maximum atomic E-state index is 9.76. The van der Waals surface area contributed by atoms with E-state index in [4.69, 9.17) is 39.3 Å². The summed E-state index contributed by atoms with van der Waals surface area (Å²) in [6.07, 6.45) is -2.68. The molecule has 4 N–H and O–H groups in total. The average Bonchev–Trinajstić information content (AvgIpc) is 2.88. The quantitative estimate of drug-likeness (QED) is 0.327. The van der Waals surface area contributed by atoms with Crippen molar-refractivity contribution >= 4 is 23.9 Å². The Labute approximate surface area is 125 Å². The van der Waals surface area contributed by atoms with Crippen LogP contribution in [0.1, 0.15) is 12.8 Å². The monoisotopic (exact) mass is 319 g/mol. The topological polar surface area (TPSA) is 118 Å². The zero-order chi connectivity index (χ0) is 15.6. The van der Waals surface area contributed by atoms with Crippen LogP contribution in [0.4, 0.5) is 0 Å². The summed E-state index contributed by atoms with van der Waals surface area (Å²) in [6, 6.07) is -1.26. The summed E-state index contributed by atoms with van der Waals surface area (Å²) in [5.41, 5.74) is 0. The molecule has 0 spiro atoms. The third-order valence-corrected chi connectivity index (χ3v) is 4.37. The van der Waals surface area contributed by atoms with Crippen molar-refractivity contribution in [2.24, 2.45) is 0 Å². The molecule has 116 valence electrons. The molecule has 2 aliphatic heterocycles. The van der Waals surface area contributed by atoms with Gasteiger partial charge in [-0.2, -0.15) is 14.3 Å². The van der Waals surface area contributed by atoms with Gasteiger partial charge in [-0.1, -0.05) is 0 Å². The van der Waals surface area contributed by atoms with Gasteiger partial charge in [-0.05, 0) is 12.8 Å². The molecule has 21 heavy (non-hydrogen) atoms. The van der Waals surface area contributed by atoms with Gasteiger partial charge < -0.3 is 19.7 Å². The average molecular weight is 319 g/mol. The molecule has 0 aromatic carbocycles. The summed E-state index contributed by atoms with van der Waals surface area (Å²) in [7, 11) is 6.89. The van der Waals surface area contributed by atoms with Gasteiger partial charge in [0.15, 0.2) is 0 Å². The predicted molar refractivity (Wildman–Crippen MR) is 73.3 cm³/mol. The second-order valence-corrected chi connectivity index (χ2v) is 6.53. The molecule has 0 saturated carbocycles. The van der Waals surface area contributed by atoms with E-state index in [0.29, 0.717) is 0 Å². The molecule has 8 nitrogen and oxygen atoms in total. The van der Waals surface area contributed by atoms with Crippen LogP contribution in [0.25, 0.3) is 0 Å². The van der Waals surface area contributed by atoms with Crippen molar-refractivity contribution in [3.8, 4) is 0 Å². The third kappa shape index (κ3) is 4.86. The first kappa shape index (κ1) is 17.6. The number of hydrogen-bond acceptors (Lipinski definition) is 8. The van der Waals surface area contributed by atoms with Crippen LogP contribution < -0.4 is 0 Å². The fraction of sp³-hybridized carbons (Fsp3) is 1.00. The zero-order valence-electron chi connectivity index (χ0n) is 11.3. The Bertz CT molecular complexity index is 349. The van der Waals surface area contributed by atoms with Crippen molar-refractivity contribution in [3.05, 3.63) is 0 Å². The van der Waals surface area contributed by atoms with E-state index < -0.39 is 44.6 Å². The van der Waals surface area contributed by atoms with Crippen LogP contribution in [0.3, 0.4) is 0 Å². The van der Waals surface area contributed by atoms with E-state index in [1.165, 1.54) is 0 Å². The molecular formula is C10H18B2O8P+. The van der Waals surface area contributed by atoms with E-state index in [1.807, 2.05) is 0 Å². The van der Waals surface area contributed by atoms with Gasteiger partial charge in [-0.25, -0.2) is 0 Å². The summed E-state index contributed by atoms with van der Waals surface area (Å²) in [5.74, 6) is 0. The Kier molecular flexibility index (Phi) is 6.04. The molecule has 2 fully saturated rings. The largest absolute Gasteiger partial charge is 0.570 e. The maximum absolute atomic E-state index is 9.76. The lowest BCUT2D eigenvalue weighted by Gasteiger charge is -2.19. The first-order valence-corrected chi connectivity index (χ1v) is 8.12. The van der Waals surface area contributed by atoms with Gasteiger partial charge in [0, 0.05) is 12.0 Å². The molecule has 2 rings (SSSR count). The summed E-state index contributed by atoms with van der Waals surface area (Å²) in [6.45, 7) is -0.642. The smallest absolute Gasteiger partial charge is 0.394 e. The Morgan fingerprint density at radius 3 is 2.29 bits per heavy atom. The molecular weight excluding hydrogens is 301 g/mol. The Morgan fingerprint density at radius 2 is 1.71 bits per heavy atom. The lowest BCUT2D eigenvalue weighted by atomic mass is 9.96. The lowest BCUT2D eigenvalue weighted by Crippen LogP contribution is -2.30. The van der Waals surface area contributed by atoms with Crippen molar-refractivity contribution in [2.75, 3.05) is 13.2 Å². The van der Waals surface area contributed by atoms with Crippen molar-refractivity contribution in [2.45, 2.75) is 49.3 Å². The number of hydrogen-bond donors (Lipinski definition) is 4. The van der Waals surface area contributed by atoms with Gasteiger partial charge in [0.05, 0.1) is 12.7 Å². The second kappa shape index (κ2) is 7.21. The van der Waals surface area contributed by atoms with Gasteiger partial charge in [0.25, 0.3) is 0 Å². The summed E-state index contributed by atoms with van der Waals surface area (Å²) in [4.78, 5) is 19.5. The normalized spacial score (nSPS) is 40.8. The van der Waals surface area contributed by atoms with E-state index in [0.717, 1.165) is 0 Å². The highest BCUT2D eigenvalue weighted by Crippen LogP contribution is 2.55. The fourth-order valence-corrected chi connectivity index (χ4v) is 3.28. The van der Waals surface area contributed by atoms with Crippen LogP contribution in [0.2, 0.25) is 0 Å². The van der Waals surface area contributed by atoms with Crippen LogP contribution in [0.5, 0.6) is 0 Å². The van der Waals surface area contributed by atoms with Crippen LogP contribution in [0, 0.1) is 0 Å². The summed E-state index contributed by atoms with van der Waals surface area (Å²) >= 11 is 0. The molecule has 2 heterocycles. The van der Waals surface area contributed by atoms with E-state index >= 15 is 0 Å². The van der Waals surface area contributed by atoms with Crippen molar-refractivity contribution in [1.29, 1.82) is 0 Å². The Morgan fingerprint density at radius 1 is 1.10 bits per heavy atom. The third-order valence-electron chi connectivity index (χ3n) is 3.34. The predicted octanol–water partition coefficient (Wildman–Crippen LogP) is -2.03. The molecule has 0 amide bonds. The van der Waals surface area contributed by atoms with Gasteiger partial charge in [0.2, 0.25) is 0 Å². The number of rotatable bonds is 6. The highest BCUT2D eigenvalue weighted by atomic mass is 31.2. The molecule has 0 aromatic rings. The number of aliphatic hydroxyl groups is 2. The standard InChI is InChI=1S/C10H18B2O8P/c11-9-1-5(14)8(19-9)4-17-21(15,16)20-6-2-10(12)18-7(6)3-13/h5-10,13-16H,1-4H2/q+1. The number of ether oxygens (including phenoxy) is 2. The van der Waals surface area contributed by atoms with Gasteiger partial charge >= 0.3 is 8.17 Å². The van der Waals surface area contributed by atoms with Gasteiger partial charge in [0.1, 0.15) is 40.6 Å². The molecule has 0 aromatic heterocycles. The summed E-state index contributed by atoms with van der Waals surface area (Å²) in [5, 5.41) is 18.7. The van der Waals surface area contributed by atoms with E-state index in [-0.39, 0.29) is 26.1 Å². The van der Waals surface area contributed by atoms with E-state index in [9.17, 15) is 14.9 Å². The minimum atomic E-state index is -4.15. The molecule has 2 aliphatic rings. The molecule has 0 bridgehead atoms. The fourth-order valence-electron chi connectivity index (χ4n) is 2.31. The van der Waals surface area contributed by atoms with E-state index in [1.54, 1.807) is 0 Å². The minimum absolute atomic E-state index is 0.199. The molecule has 11 heteroatoms. The molecule has 4 radical (unpaired) electrons. The molecule has 0 aliphatic carbocycles. The highest BCUT2D eigenvalue weighted by molar-refractivity contribution is 7.54. The van der Waals surface area contributed by atoms with Crippen LogP contribution in [-0.4, -0.2) is 85.3 Å². The van der Waals surface area contributed by atoms with Crippen molar-refractivity contribution in [1.82, 2.24) is 0 Å². The minimum Gasteiger partial charge on any atom is -0.394 e. The summed E-state index contributed by atoms with van der Waals surface area (Å²) < 4.78 is 20.3. The Hall–Kier alpha value is 0.240. The van der Waals surface area contributed by atoms with E-state index in [2.05, 4.69) is 0 Å². The lowest BCUT2D eigenvalue weighted by molar-refractivity contribution is -0.0334. The molecule has 6 atom stereocenters. The van der Waals surface area contributed by atoms with Gasteiger partial charge in [-0.3, -0.25) is 0 Å². The SMILES string of the molecule is [B]C1CC(O)C(CO[P+](O)(O)OC2CC([B])OC2CO)O1. The van der Waals surface area contributed by atoms with Crippen molar-refractivity contribution in [3.63, 3.8) is 0 Å². The maximum Gasteiger partial charge on any atom is 0.570 e. The second-order valence-electron chi connectivity index (χ2n) is 5.08. The van der Waals surface area contributed by atoms with Crippen LogP contribution in [0.15, 0.2) is 0 Å². The Balaban J connectivity index is 1.81. The first-order valence-electron chi connectivity index (χ1n) is 6.59. The van der Waals surface area contributed by atoms with Crippen LogP contribution in [-0.2, 0) is 18.5 Å². The molecule has 6 unspecified atom stereocenters. The van der Waals surface area contributed by atoms with Gasteiger partial charge in [-0.15, -0.1) is 4.52 Å². The first-order chi connectivity index (χ1) is 9.80. The van der Waals surface area contributed by atoms with Crippen LogP contribution >= 0.6 is 8.17 Å². The zero-order valence-corrected chi connectivity index (χ0v) is 12.2. The van der Waals surface area contributed by atoms with Crippen molar-refractivity contribution < 1.29 is 38.5 Å². The number of aliphatic hydroxyl groups excluding tert-OH is 2. The molecule has 2 saturated heterocycles. The highest BCUT2D eigenvalue weighted by Gasteiger charge is 2.49.